The lowest BCUT2D eigenvalue weighted by atomic mass is 9.98. The molecule has 5 heteroatoms. The highest BCUT2D eigenvalue weighted by atomic mass is 79.9. The highest BCUT2D eigenvalue weighted by molar-refractivity contribution is 9.10. The average Bonchev–Trinajstić information content (AvgIpc) is 3.12. The van der Waals surface area contributed by atoms with Gasteiger partial charge in [-0.1, -0.05) is 42.1 Å². The van der Waals surface area contributed by atoms with Crippen molar-refractivity contribution in [2.75, 3.05) is 0 Å². The van der Waals surface area contributed by atoms with E-state index in [1.807, 2.05) is 12.1 Å². The van der Waals surface area contributed by atoms with Gasteiger partial charge in [-0.3, -0.25) is 14.6 Å². The number of carbonyl (C=O) groups is 2. The molecule has 0 atom stereocenters. The van der Waals surface area contributed by atoms with Crippen molar-refractivity contribution in [2.45, 2.75) is 57.4 Å². The van der Waals surface area contributed by atoms with E-state index in [0.717, 1.165) is 43.0 Å². The van der Waals surface area contributed by atoms with Crippen LogP contribution in [0.2, 0.25) is 0 Å². The van der Waals surface area contributed by atoms with Crippen LogP contribution < -0.4 is 0 Å². The number of hydrogen-bond donors (Lipinski definition) is 0. The van der Waals surface area contributed by atoms with E-state index in [9.17, 15) is 9.59 Å². The molecule has 0 bridgehead atoms. The van der Waals surface area contributed by atoms with Crippen molar-refractivity contribution < 1.29 is 9.59 Å². The van der Waals surface area contributed by atoms with Crippen molar-refractivity contribution in [3.05, 3.63) is 34.3 Å². The molecule has 1 fully saturated rings. The van der Waals surface area contributed by atoms with Gasteiger partial charge in [0.1, 0.15) is 11.4 Å². The van der Waals surface area contributed by atoms with Gasteiger partial charge in [-0.25, -0.2) is 4.90 Å². The molecule has 4 nitrogen and oxygen atoms in total. The third-order valence-corrected chi connectivity index (χ3v) is 5.21. The molecule has 3 rings (SSSR count). The van der Waals surface area contributed by atoms with Gasteiger partial charge in [-0.05, 0) is 43.5 Å². The number of imide groups is 1. The van der Waals surface area contributed by atoms with E-state index >= 15 is 0 Å². The van der Waals surface area contributed by atoms with Crippen LogP contribution in [0.1, 0.15) is 62.2 Å². The Hall–Kier alpha value is -1.49. The Kier molecular flexibility index (Phi) is 4.67. The van der Waals surface area contributed by atoms with Crippen LogP contribution >= 0.6 is 15.9 Å². The average molecular weight is 377 g/mol. The van der Waals surface area contributed by atoms with Gasteiger partial charge in [0.15, 0.2) is 0 Å². The number of amidine groups is 1. The molecule has 1 aliphatic heterocycles. The Morgan fingerprint density at radius 3 is 2.52 bits per heavy atom. The second-order valence-electron chi connectivity index (χ2n) is 6.32. The molecule has 1 aromatic carbocycles. The van der Waals surface area contributed by atoms with E-state index in [1.165, 1.54) is 4.90 Å². The minimum absolute atomic E-state index is 0.117. The van der Waals surface area contributed by atoms with E-state index in [0.29, 0.717) is 17.8 Å². The van der Waals surface area contributed by atoms with Gasteiger partial charge in [0.2, 0.25) is 0 Å². The lowest BCUT2D eigenvalue weighted by molar-refractivity contribution is -0.129. The molecule has 0 aromatic heterocycles. The van der Waals surface area contributed by atoms with Gasteiger partial charge < -0.3 is 0 Å². The van der Waals surface area contributed by atoms with Gasteiger partial charge in [0.05, 0.1) is 0 Å². The third kappa shape index (κ3) is 2.99. The predicted molar refractivity (Wildman–Crippen MR) is 93.5 cm³/mol. The largest absolute Gasteiger partial charge is 0.271 e. The lowest BCUT2D eigenvalue weighted by Gasteiger charge is -2.21. The monoisotopic (exact) mass is 376 g/mol. The topological polar surface area (TPSA) is 49.7 Å². The summed E-state index contributed by atoms with van der Waals surface area (Å²) in [7, 11) is 0. The number of halogens is 1. The first kappa shape index (κ1) is 16.4. The number of amides is 2. The van der Waals surface area contributed by atoms with Gasteiger partial charge >= 0.3 is 0 Å². The minimum atomic E-state index is -0.659. The molecule has 1 spiro atoms. The van der Waals surface area contributed by atoms with E-state index in [1.54, 1.807) is 12.1 Å². The van der Waals surface area contributed by atoms with Gasteiger partial charge in [0, 0.05) is 16.5 Å². The summed E-state index contributed by atoms with van der Waals surface area (Å²) in [6.45, 7) is 2.10. The molecule has 0 radical (unpaired) electrons. The molecule has 1 saturated carbocycles. The Labute approximate surface area is 145 Å². The van der Waals surface area contributed by atoms with Crippen LogP contribution in [0.5, 0.6) is 0 Å². The summed E-state index contributed by atoms with van der Waals surface area (Å²) in [4.78, 5) is 32.0. The predicted octanol–water partition coefficient (Wildman–Crippen LogP) is 4.33. The molecule has 1 aliphatic carbocycles. The smallest absolute Gasteiger partial charge is 0.266 e. The first-order chi connectivity index (χ1) is 11.1. The lowest BCUT2D eigenvalue weighted by Crippen LogP contribution is -2.44. The molecule has 1 heterocycles. The quantitative estimate of drug-likeness (QED) is 0.734. The van der Waals surface area contributed by atoms with Gasteiger partial charge in [-0.2, -0.15) is 0 Å². The van der Waals surface area contributed by atoms with E-state index in [4.69, 9.17) is 4.99 Å². The fraction of sp³-hybridized carbons (Fsp3) is 0.500. The van der Waals surface area contributed by atoms with Crippen LogP contribution in [0.25, 0.3) is 0 Å². The maximum atomic E-state index is 13.0. The number of hydrogen-bond acceptors (Lipinski definition) is 3. The van der Waals surface area contributed by atoms with Crippen LogP contribution in [0, 0.1) is 0 Å². The summed E-state index contributed by atoms with van der Waals surface area (Å²) in [5, 5.41) is 0. The normalized spacial score (nSPS) is 19.5. The maximum Gasteiger partial charge on any atom is 0.266 e. The molecule has 2 amide bonds. The zero-order valence-electron chi connectivity index (χ0n) is 13.3. The van der Waals surface area contributed by atoms with E-state index in [2.05, 4.69) is 22.9 Å². The zero-order valence-corrected chi connectivity index (χ0v) is 14.9. The van der Waals surface area contributed by atoms with Crippen LogP contribution in [-0.2, 0) is 4.79 Å². The Morgan fingerprint density at radius 2 is 1.91 bits per heavy atom. The zero-order chi connectivity index (χ0) is 16.4. The first-order valence-corrected chi connectivity index (χ1v) is 9.10. The molecular weight excluding hydrogens is 356 g/mol. The molecule has 0 unspecified atom stereocenters. The number of unbranched alkanes of at least 4 members (excludes halogenated alkanes) is 1. The summed E-state index contributed by atoms with van der Waals surface area (Å²) in [5.74, 6) is 0.293. The number of aliphatic imine (C=N–C) groups is 1. The van der Waals surface area contributed by atoms with Crippen LogP contribution in [-0.4, -0.2) is 28.1 Å². The molecular formula is C18H21BrN2O2. The summed E-state index contributed by atoms with van der Waals surface area (Å²) < 4.78 is 0.911. The van der Waals surface area contributed by atoms with Crippen LogP contribution in [0.3, 0.4) is 0 Å². The Morgan fingerprint density at radius 1 is 1.26 bits per heavy atom. The molecule has 0 N–H and O–H groups in total. The SMILES string of the molecule is CCCCC1=NC2(CCCC2)C(=O)N1C(=O)c1ccc(Br)cc1. The van der Waals surface area contributed by atoms with Gasteiger partial charge in [0.25, 0.3) is 11.8 Å². The number of benzene rings is 1. The number of carbonyl (C=O) groups excluding carboxylic acids is 2. The van der Waals surface area contributed by atoms with Crippen molar-refractivity contribution in [2.24, 2.45) is 4.99 Å². The Balaban J connectivity index is 1.92. The van der Waals surface area contributed by atoms with E-state index in [-0.39, 0.29) is 11.8 Å². The van der Waals surface area contributed by atoms with Crippen molar-refractivity contribution >= 4 is 33.6 Å². The first-order valence-electron chi connectivity index (χ1n) is 8.30. The third-order valence-electron chi connectivity index (χ3n) is 4.68. The minimum Gasteiger partial charge on any atom is -0.271 e. The fourth-order valence-corrected chi connectivity index (χ4v) is 3.65. The molecule has 122 valence electrons. The summed E-state index contributed by atoms with van der Waals surface area (Å²) in [5.41, 5.74) is -0.130. The summed E-state index contributed by atoms with van der Waals surface area (Å²) in [6.07, 6.45) is 6.20. The van der Waals surface area contributed by atoms with Gasteiger partial charge in [-0.15, -0.1) is 0 Å². The van der Waals surface area contributed by atoms with E-state index < -0.39 is 5.54 Å². The standard InChI is InChI=1S/C18H21BrN2O2/c1-2-3-6-15-20-18(11-4-5-12-18)17(23)21(15)16(22)13-7-9-14(19)10-8-13/h7-10H,2-6,11-12H2,1H3. The second-order valence-corrected chi connectivity index (χ2v) is 7.24. The molecule has 2 aliphatic rings. The van der Waals surface area contributed by atoms with Crippen molar-refractivity contribution in [1.82, 2.24) is 4.90 Å². The maximum absolute atomic E-state index is 13.0. The molecule has 23 heavy (non-hydrogen) atoms. The highest BCUT2D eigenvalue weighted by Crippen LogP contribution is 2.40. The Bertz CT molecular complexity index is 645. The van der Waals surface area contributed by atoms with Crippen molar-refractivity contribution in [1.29, 1.82) is 0 Å². The summed E-state index contributed by atoms with van der Waals surface area (Å²) in [6, 6.07) is 7.14. The highest BCUT2D eigenvalue weighted by Gasteiger charge is 2.51. The summed E-state index contributed by atoms with van der Waals surface area (Å²) >= 11 is 3.37. The molecule has 1 aromatic rings. The van der Waals surface area contributed by atoms with Crippen LogP contribution in [0.4, 0.5) is 0 Å². The van der Waals surface area contributed by atoms with Crippen molar-refractivity contribution in [3.63, 3.8) is 0 Å². The number of rotatable bonds is 4. The number of nitrogens with zero attached hydrogens (tertiary/aromatic N) is 2. The second kappa shape index (κ2) is 6.56. The molecule has 0 saturated heterocycles. The fourth-order valence-electron chi connectivity index (χ4n) is 3.39. The van der Waals surface area contributed by atoms with Crippen LogP contribution in [0.15, 0.2) is 33.7 Å². The van der Waals surface area contributed by atoms with Crippen molar-refractivity contribution in [3.8, 4) is 0 Å².